The Hall–Kier alpha value is -1.10. The van der Waals surface area contributed by atoms with E-state index in [9.17, 15) is 14.7 Å². The number of carboxylic acid groups (broad SMARTS) is 1. The Morgan fingerprint density at radius 2 is 2.04 bits per heavy atom. The molecule has 3 fully saturated rings. The van der Waals surface area contributed by atoms with Crippen LogP contribution in [0.25, 0.3) is 0 Å². The van der Waals surface area contributed by atoms with Gasteiger partial charge in [0.15, 0.2) is 0 Å². The fourth-order valence-corrected chi connectivity index (χ4v) is 6.04. The van der Waals surface area contributed by atoms with E-state index in [1.54, 1.807) is 0 Å². The zero-order chi connectivity index (χ0) is 17.0. The predicted molar refractivity (Wildman–Crippen MR) is 83.7 cm³/mol. The van der Waals surface area contributed by atoms with Crippen LogP contribution in [-0.4, -0.2) is 33.9 Å². The fraction of sp³-hybridized carbons (Fsp3) is 0.889. The molecule has 0 spiro atoms. The molecule has 0 bridgehead atoms. The van der Waals surface area contributed by atoms with Crippen LogP contribution >= 0.6 is 0 Å². The van der Waals surface area contributed by atoms with Crippen molar-refractivity contribution in [1.82, 2.24) is 0 Å². The number of aliphatic carboxylic acids is 1. The summed E-state index contributed by atoms with van der Waals surface area (Å²) in [5.74, 6) is -0.911. The summed E-state index contributed by atoms with van der Waals surface area (Å²) >= 11 is 0. The Balaban J connectivity index is 1.95. The number of carbonyl (C=O) groups excluding carboxylic acids is 1. The maximum atomic E-state index is 12.5. The van der Waals surface area contributed by atoms with Gasteiger partial charge in [0.2, 0.25) is 0 Å². The molecular weight excluding hydrogens is 296 g/mol. The van der Waals surface area contributed by atoms with Crippen molar-refractivity contribution in [3.05, 3.63) is 0 Å². The molecule has 1 saturated heterocycles. The van der Waals surface area contributed by atoms with E-state index in [-0.39, 0.29) is 30.3 Å². The van der Waals surface area contributed by atoms with Crippen molar-refractivity contribution in [2.75, 3.05) is 0 Å². The lowest BCUT2D eigenvalue weighted by Crippen LogP contribution is -2.65. The third-order valence-electron chi connectivity index (χ3n) is 7.20. The number of esters is 1. The average Bonchev–Trinajstić information content (AvgIpc) is 2.69. The van der Waals surface area contributed by atoms with Gasteiger partial charge in [0.1, 0.15) is 6.10 Å². The maximum absolute atomic E-state index is 12.5. The number of carboxylic acids is 1. The van der Waals surface area contributed by atoms with Gasteiger partial charge in [0, 0.05) is 17.8 Å². The topological polar surface area (TPSA) is 83.8 Å². The first-order valence-electron chi connectivity index (χ1n) is 8.80. The summed E-state index contributed by atoms with van der Waals surface area (Å²) in [4.78, 5) is 23.3. The minimum absolute atomic E-state index is 0.00389. The van der Waals surface area contributed by atoms with E-state index in [1.165, 1.54) is 0 Å². The summed E-state index contributed by atoms with van der Waals surface area (Å²) in [6.07, 6.45) is 4.18. The standard InChI is InChI=1S/C18H28O5/c1-11-10-12-14-16(2,15(21)23-12)7-5-8-17(14,3)18(11,22)9-4-6-13(19)20/h11-12,14,22H,4-10H2,1-3H3,(H,19,20)/t11-,12?,14?,16+,17+,18-/m1/s1. The molecule has 2 N–H and O–H groups in total. The van der Waals surface area contributed by atoms with Crippen LogP contribution in [0, 0.1) is 22.7 Å². The van der Waals surface area contributed by atoms with Gasteiger partial charge < -0.3 is 14.9 Å². The first kappa shape index (κ1) is 16.7. The molecule has 1 aliphatic heterocycles. The molecule has 0 amide bonds. The van der Waals surface area contributed by atoms with Gasteiger partial charge in [-0.25, -0.2) is 0 Å². The first-order valence-corrected chi connectivity index (χ1v) is 8.80. The highest BCUT2D eigenvalue weighted by Crippen LogP contribution is 2.67. The smallest absolute Gasteiger partial charge is 0.312 e. The second-order valence-corrected chi connectivity index (χ2v) is 8.42. The molecule has 1 heterocycles. The van der Waals surface area contributed by atoms with Gasteiger partial charge in [-0.2, -0.15) is 0 Å². The zero-order valence-electron chi connectivity index (χ0n) is 14.3. The van der Waals surface area contributed by atoms with Gasteiger partial charge in [-0.1, -0.05) is 20.3 Å². The third-order valence-corrected chi connectivity index (χ3v) is 7.20. The molecular formula is C18H28O5. The van der Waals surface area contributed by atoms with Crippen molar-refractivity contribution in [2.45, 2.75) is 77.4 Å². The highest BCUT2D eigenvalue weighted by Gasteiger charge is 2.70. The van der Waals surface area contributed by atoms with E-state index in [4.69, 9.17) is 9.84 Å². The number of rotatable bonds is 4. The molecule has 0 radical (unpaired) electrons. The van der Waals surface area contributed by atoms with Gasteiger partial charge in [0.05, 0.1) is 11.0 Å². The second-order valence-electron chi connectivity index (χ2n) is 8.42. The number of hydrogen-bond donors (Lipinski definition) is 2. The number of aliphatic hydroxyl groups is 1. The van der Waals surface area contributed by atoms with Crippen LogP contribution in [0.15, 0.2) is 0 Å². The average molecular weight is 324 g/mol. The zero-order valence-corrected chi connectivity index (χ0v) is 14.3. The molecule has 130 valence electrons. The molecule has 2 aliphatic carbocycles. The van der Waals surface area contributed by atoms with Gasteiger partial charge in [-0.3, -0.25) is 9.59 Å². The van der Waals surface area contributed by atoms with Crippen molar-refractivity contribution >= 4 is 11.9 Å². The van der Waals surface area contributed by atoms with E-state index in [0.717, 1.165) is 19.3 Å². The van der Waals surface area contributed by atoms with Crippen LogP contribution in [0.3, 0.4) is 0 Å². The highest BCUT2D eigenvalue weighted by atomic mass is 16.6. The number of ether oxygens (including phenoxy) is 1. The summed E-state index contributed by atoms with van der Waals surface area (Å²) in [6.45, 7) is 6.10. The van der Waals surface area contributed by atoms with Gasteiger partial charge in [0.25, 0.3) is 0 Å². The first-order chi connectivity index (χ1) is 10.6. The van der Waals surface area contributed by atoms with Gasteiger partial charge in [-0.15, -0.1) is 0 Å². The number of carbonyl (C=O) groups is 2. The Kier molecular flexibility index (Phi) is 3.79. The SMILES string of the molecule is C[C@@H]1CC2OC(=O)[C@@]3(C)CCC[C@@](C)(C23)[C@@]1(O)CCCC(=O)O. The second kappa shape index (κ2) is 5.20. The van der Waals surface area contributed by atoms with E-state index >= 15 is 0 Å². The lowest BCUT2D eigenvalue weighted by atomic mass is 9.44. The van der Waals surface area contributed by atoms with E-state index in [0.29, 0.717) is 19.3 Å². The van der Waals surface area contributed by atoms with Crippen LogP contribution < -0.4 is 0 Å². The Morgan fingerprint density at radius 3 is 2.70 bits per heavy atom. The Labute approximate surface area is 137 Å². The van der Waals surface area contributed by atoms with Gasteiger partial charge in [-0.05, 0) is 44.9 Å². The summed E-state index contributed by atoms with van der Waals surface area (Å²) in [7, 11) is 0. The summed E-state index contributed by atoms with van der Waals surface area (Å²) in [5.41, 5.74) is -1.83. The van der Waals surface area contributed by atoms with Crippen LogP contribution in [-0.2, 0) is 14.3 Å². The van der Waals surface area contributed by atoms with Crippen LogP contribution in [0.5, 0.6) is 0 Å². The van der Waals surface area contributed by atoms with Crippen molar-refractivity contribution in [3.63, 3.8) is 0 Å². The van der Waals surface area contributed by atoms with Crippen molar-refractivity contribution < 1.29 is 24.5 Å². The maximum Gasteiger partial charge on any atom is 0.312 e. The predicted octanol–water partition coefficient (Wildman–Crippen LogP) is 2.75. The Morgan fingerprint density at radius 1 is 1.35 bits per heavy atom. The Bertz CT molecular complexity index is 532. The number of hydrogen-bond acceptors (Lipinski definition) is 4. The van der Waals surface area contributed by atoms with Crippen molar-refractivity contribution in [3.8, 4) is 0 Å². The molecule has 6 atom stereocenters. The fourth-order valence-electron chi connectivity index (χ4n) is 6.04. The van der Waals surface area contributed by atoms with Gasteiger partial charge >= 0.3 is 11.9 Å². The van der Waals surface area contributed by atoms with Crippen molar-refractivity contribution in [1.29, 1.82) is 0 Å². The molecule has 3 aliphatic rings. The molecule has 0 aromatic heterocycles. The van der Waals surface area contributed by atoms with E-state index in [1.807, 2.05) is 13.8 Å². The third kappa shape index (κ3) is 2.15. The summed E-state index contributed by atoms with van der Waals surface area (Å²) in [5, 5.41) is 20.5. The molecule has 3 rings (SSSR count). The molecule has 5 heteroatoms. The van der Waals surface area contributed by atoms with Crippen LogP contribution in [0.1, 0.15) is 65.7 Å². The lowest BCUT2D eigenvalue weighted by Gasteiger charge is -2.61. The van der Waals surface area contributed by atoms with E-state index in [2.05, 4.69) is 6.92 Å². The molecule has 2 saturated carbocycles. The highest BCUT2D eigenvalue weighted by molar-refractivity contribution is 5.80. The molecule has 0 aromatic rings. The minimum atomic E-state index is -0.931. The van der Waals surface area contributed by atoms with Crippen LogP contribution in [0.4, 0.5) is 0 Å². The lowest BCUT2D eigenvalue weighted by molar-refractivity contribution is -0.218. The molecule has 0 aromatic carbocycles. The van der Waals surface area contributed by atoms with E-state index < -0.39 is 22.4 Å². The summed E-state index contributed by atoms with van der Waals surface area (Å²) < 4.78 is 5.71. The quantitative estimate of drug-likeness (QED) is 0.777. The monoisotopic (exact) mass is 324 g/mol. The summed E-state index contributed by atoms with van der Waals surface area (Å²) in [6, 6.07) is 0. The largest absolute Gasteiger partial charge is 0.481 e. The normalized spacial score (nSPS) is 48.7. The minimum Gasteiger partial charge on any atom is -0.481 e. The molecule has 2 unspecified atom stereocenters. The van der Waals surface area contributed by atoms with Crippen LogP contribution in [0.2, 0.25) is 0 Å². The molecule has 23 heavy (non-hydrogen) atoms. The van der Waals surface area contributed by atoms with Crippen molar-refractivity contribution in [2.24, 2.45) is 22.7 Å². The molecule has 5 nitrogen and oxygen atoms in total.